The highest BCUT2D eigenvalue weighted by atomic mass is 16.5. The molecule has 96 valence electrons. The summed E-state index contributed by atoms with van der Waals surface area (Å²) in [4.78, 5) is 0. The van der Waals surface area contributed by atoms with Crippen LogP contribution in [-0.4, -0.2) is 20.3 Å². The summed E-state index contributed by atoms with van der Waals surface area (Å²) < 4.78 is 16.2. The molecule has 0 radical (unpaired) electrons. The first-order valence-electron chi connectivity index (χ1n) is 5.84. The van der Waals surface area contributed by atoms with Crippen LogP contribution in [-0.2, 0) is 0 Å². The van der Waals surface area contributed by atoms with E-state index in [-0.39, 0.29) is 5.92 Å². The van der Waals surface area contributed by atoms with Gasteiger partial charge in [-0.1, -0.05) is 6.07 Å². The van der Waals surface area contributed by atoms with E-state index in [1.165, 1.54) is 0 Å². The van der Waals surface area contributed by atoms with Crippen LogP contribution in [0.5, 0.6) is 11.5 Å². The third-order valence-corrected chi connectivity index (χ3v) is 2.72. The van der Waals surface area contributed by atoms with E-state index in [4.69, 9.17) is 19.6 Å². The summed E-state index contributed by atoms with van der Waals surface area (Å²) in [7, 11) is 1.63. The van der Waals surface area contributed by atoms with Gasteiger partial charge in [-0.3, -0.25) is 0 Å². The van der Waals surface area contributed by atoms with Crippen molar-refractivity contribution in [2.75, 3.05) is 20.3 Å². The molecule has 0 saturated carbocycles. The molecule has 1 heterocycles. The van der Waals surface area contributed by atoms with Crippen molar-refractivity contribution in [2.24, 2.45) is 5.73 Å². The van der Waals surface area contributed by atoms with Gasteiger partial charge < -0.3 is 19.6 Å². The lowest BCUT2D eigenvalue weighted by Gasteiger charge is -2.14. The molecule has 4 nitrogen and oxygen atoms in total. The van der Waals surface area contributed by atoms with Crippen LogP contribution in [0, 0.1) is 0 Å². The van der Waals surface area contributed by atoms with Gasteiger partial charge in [0.2, 0.25) is 0 Å². The van der Waals surface area contributed by atoms with Crippen LogP contribution in [0.1, 0.15) is 11.7 Å². The molecule has 1 aromatic carbocycles. The number of nitrogens with two attached hydrogens (primary N) is 1. The molecule has 1 aromatic heterocycles. The third kappa shape index (κ3) is 3.05. The fraction of sp³-hybridized carbons (Fsp3) is 0.286. The van der Waals surface area contributed by atoms with Gasteiger partial charge in [0.1, 0.15) is 17.3 Å². The van der Waals surface area contributed by atoms with E-state index in [9.17, 15) is 0 Å². The lowest BCUT2D eigenvalue weighted by Crippen LogP contribution is -2.19. The lowest BCUT2D eigenvalue weighted by molar-refractivity contribution is 0.271. The van der Waals surface area contributed by atoms with Gasteiger partial charge in [0.15, 0.2) is 0 Å². The van der Waals surface area contributed by atoms with E-state index in [0.717, 1.165) is 17.3 Å². The first kappa shape index (κ1) is 12.5. The molecule has 1 atom stereocenters. The van der Waals surface area contributed by atoms with Crippen molar-refractivity contribution in [2.45, 2.75) is 5.92 Å². The minimum absolute atomic E-state index is 0.0613. The van der Waals surface area contributed by atoms with Crippen LogP contribution in [0.4, 0.5) is 0 Å². The molecule has 0 aliphatic heterocycles. The number of furan rings is 1. The maximum absolute atomic E-state index is 5.72. The molecule has 2 rings (SSSR count). The minimum Gasteiger partial charge on any atom is -0.497 e. The monoisotopic (exact) mass is 247 g/mol. The Morgan fingerprint density at radius 3 is 2.72 bits per heavy atom. The summed E-state index contributed by atoms with van der Waals surface area (Å²) in [5, 5.41) is 0. The highest BCUT2D eigenvalue weighted by Crippen LogP contribution is 2.21. The molecule has 0 aliphatic carbocycles. The zero-order valence-corrected chi connectivity index (χ0v) is 10.3. The van der Waals surface area contributed by atoms with Crippen molar-refractivity contribution in [3.05, 3.63) is 48.4 Å². The fourth-order valence-corrected chi connectivity index (χ4v) is 1.68. The summed E-state index contributed by atoms with van der Waals surface area (Å²) in [6, 6.07) is 11.3. The third-order valence-electron chi connectivity index (χ3n) is 2.72. The van der Waals surface area contributed by atoms with Gasteiger partial charge in [0, 0.05) is 12.6 Å². The number of hydrogen-bond acceptors (Lipinski definition) is 4. The second kappa shape index (κ2) is 6.12. The molecule has 0 spiro atoms. The van der Waals surface area contributed by atoms with Gasteiger partial charge in [-0.15, -0.1) is 0 Å². The van der Waals surface area contributed by atoms with Gasteiger partial charge in [0.05, 0.1) is 25.9 Å². The molecule has 0 amide bonds. The maximum atomic E-state index is 5.72. The first-order chi connectivity index (χ1) is 8.83. The average Bonchev–Trinajstić information content (AvgIpc) is 2.94. The molecule has 1 unspecified atom stereocenters. The topological polar surface area (TPSA) is 57.6 Å². The summed E-state index contributed by atoms with van der Waals surface area (Å²) in [6.07, 6.45) is 1.64. The van der Waals surface area contributed by atoms with Gasteiger partial charge in [-0.2, -0.15) is 0 Å². The molecule has 0 aliphatic rings. The van der Waals surface area contributed by atoms with Crippen LogP contribution >= 0.6 is 0 Å². The zero-order valence-electron chi connectivity index (χ0n) is 10.3. The molecule has 0 bridgehead atoms. The SMILES string of the molecule is COc1cccc(OCC(CN)c2ccco2)c1. The van der Waals surface area contributed by atoms with Crippen LogP contribution < -0.4 is 15.2 Å². The summed E-state index contributed by atoms with van der Waals surface area (Å²) in [5.41, 5.74) is 5.72. The van der Waals surface area contributed by atoms with Crippen molar-refractivity contribution in [1.29, 1.82) is 0 Å². The number of ether oxygens (including phenoxy) is 2. The van der Waals surface area contributed by atoms with Crippen LogP contribution in [0.15, 0.2) is 47.1 Å². The molecule has 4 heteroatoms. The Morgan fingerprint density at radius 1 is 1.22 bits per heavy atom. The highest BCUT2D eigenvalue weighted by Gasteiger charge is 2.13. The summed E-state index contributed by atoms with van der Waals surface area (Å²) >= 11 is 0. The Labute approximate surface area is 106 Å². The van der Waals surface area contributed by atoms with Crippen LogP contribution in [0.2, 0.25) is 0 Å². The Hall–Kier alpha value is -1.94. The van der Waals surface area contributed by atoms with Crippen LogP contribution in [0.3, 0.4) is 0 Å². The molecule has 18 heavy (non-hydrogen) atoms. The fourth-order valence-electron chi connectivity index (χ4n) is 1.68. The van der Waals surface area contributed by atoms with E-state index in [1.807, 2.05) is 36.4 Å². The number of benzene rings is 1. The smallest absolute Gasteiger partial charge is 0.123 e. The maximum Gasteiger partial charge on any atom is 0.123 e. The molecule has 2 N–H and O–H groups in total. The average molecular weight is 247 g/mol. The second-order valence-corrected chi connectivity index (χ2v) is 3.94. The minimum atomic E-state index is 0.0613. The Balaban J connectivity index is 1.97. The van der Waals surface area contributed by atoms with Crippen LogP contribution in [0.25, 0.3) is 0 Å². The molecule has 0 saturated heterocycles. The Kier molecular flexibility index (Phi) is 4.25. The Morgan fingerprint density at radius 2 is 2.06 bits per heavy atom. The summed E-state index contributed by atoms with van der Waals surface area (Å²) in [6.45, 7) is 0.967. The van der Waals surface area contributed by atoms with Crippen molar-refractivity contribution in [1.82, 2.24) is 0 Å². The number of hydrogen-bond donors (Lipinski definition) is 1. The van der Waals surface area contributed by atoms with E-state index in [2.05, 4.69) is 0 Å². The quantitative estimate of drug-likeness (QED) is 0.851. The van der Waals surface area contributed by atoms with Gasteiger partial charge in [-0.25, -0.2) is 0 Å². The second-order valence-electron chi connectivity index (χ2n) is 3.94. The molecule has 2 aromatic rings. The molecular weight excluding hydrogens is 230 g/mol. The predicted octanol–water partition coefficient (Wildman–Crippen LogP) is 2.41. The Bertz CT molecular complexity index is 468. The largest absolute Gasteiger partial charge is 0.497 e. The van der Waals surface area contributed by atoms with Gasteiger partial charge in [0.25, 0.3) is 0 Å². The van der Waals surface area contributed by atoms with Crippen molar-refractivity contribution < 1.29 is 13.9 Å². The first-order valence-corrected chi connectivity index (χ1v) is 5.84. The number of methoxy groups -OCH3 is 1. The highest BCUT2D eigenvalue weighted by molar-refractivity contribution is 5.32. The number of rotatable bonds is 6. The van der Waals surface area contributed by atoms with Crippen molar-refractivity contribution >= 4 is 0 Å². The molecule has 0 fully saturated rings. The van der Waals surface area contributed by atoms with E-state index in [0.29, 0.717) is 13.2 Å². The van der Waals surface area contributed by atoms with E-state index < -0.39 is 0 Å². The standard InChI is InChI=1S/C14H17NO3/c1-16-12-4-2-5-13(8-12)18-10-11(9-15)14-6-3-7-17-14/h2-8,11H,9-10,15H2,1H3. The van der Waals surface area contributed by atoms with Crippen molar-refractivity contribution in [3.63, 3.8) is 0 Å². The summed E-state index contributed by atoms with van der Waals surface area (Å²) in [5.74, 6) is 2.45. The van der Waals surface area contributed by atoms with Gasteiger partial charge in [-0.05, 0) is 24.3 Å². The lowest BCUT2D eigenvalue weighted by atomic mass is 10.1. The normalized spacial score (nSPS) is 12.1. The van der Waals surface area contributed by atoms with E-state index >= 15 is 0 Å². The van der Waals surface area contributed by atoms with Gasteiger partial charge >= 0.3 is 0 Å². The zero-order chi connectivity index (χ0) is 12.8. The van der Waals surface area contributed by atoms with Crippen molar-refractivity contribution in [3.8, 4) is 11.5 Å². The van der Waals surface area contributed by atoms with E-state index in [1.54, 1.807) is 13.4 Å². The molecular formula is C14H17NO3. The predicted molar refractivity (Wildman–Crippen MR) is 69.0 cm³/mol.